The van der Waals surface area contributed by atoms with Gasteiger partial charge in [0.2, 0.25) is 0 Å². The van der Waals surface area contributed by atoms with Crippen molar-refractivity contribution < 1.29 is 45.2 Å². The van der Waals surface area contributed by atoms with Crippen LogP contribution in [0.2, 0.25) is 0 Å². The fourth-order valence-corrected chi connectivity index (χ4v) is 4.42. The van der Waals surface area contributed by atoms with Crippen LogP contribution < -0.4 is 4.90 Å². The van der Waals surface area contributed by atoms with E-state index in [4.69, 9.17) is 28.8 Å². The molecule has 8 aromatic rings. The predicted octanol–water partition coefficient (Wildman–Crippen LogP) is 13.0. The topological polar surface area (TPSA) is 3.24 Å². The van der Waals surface area contributed by atoms with E-state index in [9.17, 15) is 16.4 Å². The van der Waals surface area contributed by atoms with Gasteiger partial charge >= 0.3 is 0 Å². The van der Waals surface area contributed by atoms with Crippen LogP contribution >= 0.6 is 0 Å². The zero-order valence-corrected chi connectivity index (χ0v) is 23.4. The maximum Gasteiger partial charge on any atom is 0.0645 e. The van der Waals surface area contributed by atoms with Gasteiger partial charge in [0.15, 0.2) is 0 Å². The molecule has 8 aromatic carbocycles. The molecule has 0 aromatic heterocycles. The van der Waals surface area contributed by atoms with Crippen LogP contribution in [0.5, 0.6) is 0 Å². The third kappa shape index (κ3) is 5.72. The van der Waals surface area contributed by atoms with Gasteiger partial charge in [-0.15, -0.1) is 0 Å². The van der Waals surface area contributed by atoms with Gasteiger partial charge in [-0.1, -0.05) is 163 Å². The third-order valence-corrected chi connectivity index (χ3v) is 6.50. The number of benzene rings is 8. The maximum atomic E-state index is 9.70. The van der Waals surface area contributed by atoms with E-state index in [2.05, 4.69) is 0 Å². The molecule has 222 valence electrons. The summed E-state index contributed by atoms with van der Waals surface area (Å²) in [5.41, 5.74) is -11.2. The third-order valence-electron chi connectivity index (χ3n) is 6.50. The van der Waals surface area contributed by atoms with E-state index in [1.165, 1.54) is 0 Å². The summed E-state index contributed by atoms with van der Waals surface area (Å²) in [4.78, 5) is 0.304. The van der Waals surface area contributed by atoms with Crippen molar-refractivity contribution in [1.82, 2.24) is 0 Å². The summed E-state index contributed by atoms with van der Waals surface area (Å²) in [5.74, 6) is 0. The van der Waals surface area contributed by atoms with Gasteiger partial charge in [0.1, 0.15) is 0 Å². The molecule has 0 aliphatic rings. The molecular weight excluding hydrogens is 567 g/mol. The second-order valence-corrected chi connectivity index (χ2v) is 9.26. The SMILES string of the molecule is [2H]c1c([2H])c([2H])c(-c2c([2H])c([2H])c(N(c3c([2H])c([2H])c(-c4c([2H])c([2H])c(-c5c([2H])c([2H])c([2H])c([2H])c5[2H])c(-c5c([2H])c([2H])c([2H])c([2H])c5[2H])c4[2H])c([2H])c3[2H])c3c([2H])c([2H])c([2H])c4c([2H])c([2H])c([2H])c([2H])c34)c([2H])c2[2H])c([2H])c1[2H]. The number of rotatable bonds is 7. The molecule has 1 heteroatoms. The molecule has 0 spiro atoms. The molecule has 0 radical (unpaired) electrons. The molecule has 0 amide bonds. The Morgan fingerprint density at radius 3 is 1.38 bits per heavy atom. The summed E-state index contributed by atoms with van der Waals surface area (Å²) in [7, 11) is 0. The zero-order valence-electron chi connectivity index (χ0n) is 56.4. The standard InChI is InChI=1S/C46H33N/c1-4-13-34(14-5-1)35-23-28-41(29-24-35)47(46-22-12-20-38-19-10-11-21-44(38)46)42-30-25-36(26-31-42)40-27-32-43(37-15-6-2-7-16-37)45(33-40)39-17-8-3-9-18-39/h1-33H/i1D,2D,3D,4D,5D,6D,7D,8D,9D,10D,11D,12D,13D,14D,15D,16D,17D,18D,19D,20D,21D,22D,23D,24D,25D,26D,27D,28D,29D,30D,31D,32D,33D. The molecular formula is C46H33N. The quantitative estimate of drug-likeness (QED) is 0.169. The van der Waals surface area contributed by atoms with Crippen LogP contribution in [0, 0.1) is 0 Å². The van der Waals surface area contributed by atoms with E-state index in [1.54, 1.807) is 0 Å². The highest BCUT2D eigenvalue weighted by molar-refractivity contribution is 5.99. The van der Waals surface area contributed by atoms with Crippen LogP contribution in [0.15, 0.2) is 199 Å². The zero-order chi connectivity index (χ0) is 60.1. The first-order valence-corrected chi connectivity index (χ1v) is 13.4. The lowest BCUT2D eigenvalue weighted by atomic mass is 9.91. The first-order chi connectivity index (χ1) is 37.1. The minimum Gasteiger partial charge on any atom is -0.310 e. The largest absolute Gasteiger partial charge is 0.310 e. The van der Waals surface area contributed by atoms with Gasteiger partial charge in [-0.3, -0.25) is 0 Å². The fourth-order valence-electron chi connectivity index (χ4n) is 4.42. The molecule has 0 fully saturated rings. The van der Waals surface area contributed by atoms with Gasteiger partial charge in [0.05, 0.1) is 50.9 Å². The van der Waals surface area contributed by atoms with E-state index in [1.807, 2.05) is 0 Å². The van der Waals surface area contributed by atoms with E-state index < -0.39 is 272 Å². The Morgan fingerprint density at radius 1 is 0.319 bits per heavy atom. The Bertz CT molecular complexity index is 4020. The van der Waals surface area contributed by atoms with Crippen LogP contribution in [0.1, 0.15) is 45.2 Å². The average molecular weight is 633 g/mol. The first kappa shape index (κ1) is 9.91. The van der Waals surface area contributed by atoms with Crippen molar-refractivity contribution in [2.45, 2.75) is 0 Å². The van der Waals surface area contributed by atoms with Gasteiger partial charge in [0.25, 0.3) is 0 Å². The highest BCUT2D eigenvalue weighted by Gasteiger charge is 2.16. The summed E-state index contributed by atoms with van der Waals surface area (Å²) in [6, 6.07) is -36.7. The lowest BCUT2D eigenvalue weighted by Gasteiger charge is -2.27. The second kappa shape index (κ2) is 12.7. The number of hydrogen-bond donors (Lipinski definition) is 0. The molecule has 0 aliphatic carbocycles. The Morgan fingerprint density at radius 2 is 0.766 bits per heavy atom. The van der Waals surface area contributed by atoms with Crippen molar-refractivity contribution in [2.24, 2.45) is 0 Å². The van der Waals surface area contributed by atoms with Crippen molar-refractivity contribution >= 4 is 27.8 Å². The minimum absolute atomic E-state index is 0.304. The second-order valence-electron chi connectivity index (χ2n) is 9.26. The average Bonchev–Trinajstić information content (AvgIpc) is 3.45. The number of nitrogens with zero attached hydrogens (tertiary/aromatic N) is 1. The summed E-state index contributed by atoms with van der Waals surface area (Å²) in [6.45, 7) is 0. The molecule has 0 heterocycles. The molecule has 8 rings (SSSR count). The number of hydrogen-bond acceptors (Lipinski definition) is 1. The molecule has 1 nitrogen and oxygen atoms in total. The summed E-state index contributed by atoms with van der Waals surface area (Å²) in [5, 5.41) is -1.70. The Labute approximate surface area is 323 Å². The van der Waals surface area contributed by atoms with E-state index in [0.29, 0.717) is 4.90 Å². The summed E-state index contributed by atoms with van der Waals surface area (Å²) >= 11 is 0. The summed E-state index contributed by atoms with van der Waals surface area (Å²) in [6.07, 6.45) is 0. The minimum atomic E-state index is -1.38. The van der Waals surface area contributed by atoms with Gasteiger partial charge in [0, 0.05) is 16.8 Å². The molecule has 0 bridgehead atoms. The van der Waals surface area contributed by atoms with Crippen molar-refractivity contribution in [1.29, 1.82) is 0 Å². The van der Waals surface area contributed by atoms with Crippen molar-refractivity contribution in [3.63, 3.8) is 0 Å². The predicted molar refractivity (Wildman–Crippen MR) is 200 cm³/mol. The highest BCUT2D eigenvalue weighted by atomic mass is 15.1. The summed E-state index contributed by atoms with van der Waals surface area (Å²) < 4.78 is 293. The molecule has 0 aliphatic heterocycles. The van der Waals surface area contributed by atoms with Crippen LogP contribution in [0.25, 0.3) is 55.3 Å². The smallest absolute Gasteiger partial charge is 0.0645 e. The van der Waals surface area contributed by atoms with Gasteiger partial charge in [-0.2, -0.15) is 0 Å². The molecule has 0 saturated heterocycles. The maximum absolute atomic E-state index is 9.70. The lowest BCUT2D eigenvalue weighted by molar-refractivity contribution is 1.30. The van der Waals surface area contributed by atoms with E-state index in [0.717, 1.165) is 0 Å². The fraction of sp³-hybridized carbons (Fsp3) is 0. The van der Waals surface area contributed by atoms with Crippen LogP contribution in [0.4, 0.5) is 17.1 Å². The number of anilines is 3. The Balaban J connectivity index is 1.60. The van der Waals surface area contributed by atoms with Gasteiger partial charge in [-0.05, 0) is 86.1 Å². The highest BCUT2D eigenvalue weighted by Crippen LogP contribution is 2.41. The van der Waals surface area contributed by atoms with Crippen molar-refractivity contribution in [2.75, 3.05) is 4.90 Å². The number of fused-ring (bicyclic) bond motifs is 1. The lowest BCUT2D eigenvalue weighted by Crippen LogP contribution is -2.10. The van der Waals surface area contributed by atoms with Crippen LogP contribution in [0.3, 0.4) is 0 Å². The molecule has 0 saturated carbocycles. The molecule has 0 N–H and O–H groups in total. The Hall–Kier alpha value is -6.18. The van der Waals surface area contributed by atoms with Crippen molar-refractivity contribution in [3.05, 3.63) is 199 Å². The molecule has 0 unspecified atom stereocenters. The van der Waals surface area contributed by atoms with Crippen LogP contribution in [-0.4, -0.2) is 0 Å². The van der Waals surface area contributed by atoms with E-state index in [-0.39, 0.29) is 0 Å². The monoisotopic (exact) mass is 632 g/mol. The Kier molecular flexibility index (Phi) is 2.67. The molecule has 0 atom stereocenters. The van der Waals surface area contributed by atoms with Gasteiger partial charge in [-0.25, -0.2) is 0 Å². The first-order valence-electron chi connectivity index (χ1n) is 29.9. The van der Waals surface area contributed by atoms with Gasteiger partial charge < -0.3 is 4.90 Å². The molecule has 47 heavy (non-hydrogen) atoms. The van der Waals surface area contributed by atoms with Crippen molar-refractivity contribution in [3.8, 4) is 44.5 Å². The normalized spacial score (nSPS) is 20.8. The van der Waals surface area contributed by atoms with Crippen LogP contribution in [-0.2, 0) is 0 Å². The van der Waals surface area contributed by atoms with E-state index >= 15 is 0 Å².